The molecule has 1 aromatic rings. The van der Waals surface area contributed by atoms with Crippen LogP contribution < -0.4 is 4.74 Å². The summed E-state index contributed by atoms with van der Waals surface area (Å²) in [5.41, 5.74) is 0.328. The monoisotopic (exact) mass is 623 g/mol. The number of fused-ring (bicyclic) bond motifs is 3. The standard InChI is InChI=1S/C27H21BrF3NO8/c28-17-10-19(34)23-16(24(17)37)9-14-12(21(23)15-8-11(3-6-18(15)33)40-27(29,30)31)4-5-13-22(14)26(39)32(25(13)38)7-1-2-20(35)36/h3-4,6,8,10,13-14,21-22,33H,1-2,5,7,9H2,(H,35,36). The second-order valence-corrected chi connectivity index (χ2v) is 10.8. The first-order valence-electron chi connectivity index (χ1n) is 12.3. The number of aromatic hydroxyl groups is 1. The topological polar surface area (TPSA) is 138 Å². The molecule has 13 heteroatoms. The molecule has 0 bridgehead atoms. The summed E-state index contributed by atoms with van der Waals surface area (Å²) in [5.74, 6) is -7.98. The highest BCUT2D eigenvalue weighted by Gasteiger charge is 2.56. The summed E-state index contributed by atoms with van der Waals surface area (Å²) in [6, 6.07) is 2.84. The minimum Gasteiger partial charge on any atom is -0.508 e. The van der Waals surface area contributed by atoms with Crippen LogP contribution >= 0.6 is 15.9 Å². The predicted octanol–water partition coefficient (Wildman–Crippen LogP) is 3.92. The molecule has 0 aromatic heterocycles. The molecule has 9 nitrogen and oxygen atoms in total. The Balaban J connectivity index is 1.61. The Morgan fingerprint density at radius 2 is 1.85 bits per heavy atom. The Bertz CT molecular complexity index is 1460. The number of halogens is 4. The molecular weight excluding hydrogens is 603 g/mol. The van der Waals surface area contributed by atoms with Crippen LogP contribution in [-0.4, -0.2) is 57.4 Å². The number of carbonyl (C=O) groups excluding carboxylic acids is 4. The maximum absolute atomic E-state index is 13.5. The van der Waals surface area contributed by atoms with Crippen molar-refractivity contribution in [1.29, 1.82) is 0 Å². The highest BCUT2D eigenvalue weighted by Crippen LogP contribution is 2.56. The zero-order valence-electron chi connectivity index (χ0n) is 20.5. The Labute approximate surface area is 233 Å². The van der Waals surface area contributed by atoms with Gasteiger partial charge in [-0.3, -0.25) is 28.9 Å². The fraction of sp³-hybridized carbons (Fsp3) is 0.370. The summed E-state index contributed by atoms with van der Waals surface area (Å²) < 4.78 is 42.9. The van der Waals surface area contributed by atoms with Crippen LogP contribution in [-0.2, 0) is 24.0 Å². The number of alkyl halides is 3. The molecule has 1 heterocycles. The minimum atomic E-state index is -5.03. The van der Waals surface area contributed by atoms with Crippen LogP contribution in [0, 0.1) is 17.8 Å². The van der Waals surface area contributed by atoms with Gasteiger partial charge in [0.05, 0.1) is 16.3 Å². The smallest absolute Gasteiger partial charge is 0.508 e. The molecular formula is C27H21BrF3NO8. The lowest BCUT2D eigenvalue weighted by Crippen LogP contribution is -2.39. The zero-order chi connectivity index (χ0) is 29.1. The van der Waals surface area contributed by atoms with Crippen molar-refractivity contribution in [2.24, 2.45) is 17.8 Å². The average molecular weight is 624 g/mol. The largest absolute Gasteiger partial charge is 0.573 e. The van der Waals surface area contributed by atoms with E-state index in [2.05, 4.69) is 20.7 Å². The van der Waals surface area contributed by atoms with Crippen LogP contribution in [0.4, 0.5) is 13.2 Å². The third kappa shape index (κ3) is 4.76. The second-order valence-electron chi connectivity index (χ2n) is 9.99. The van der Waals surface area contributed by atoms with Crippen molar-refractivity contribution in [2.45, 2.75) is 38.0 Å². The molecule has 4 atom stereocenters. The normalized spacial score (nSPS) is 26.2. The molecule has 4 unspecified atom stereocenters. The third-order valence-electron chi connectivity index (χ3n) is 7.74. The van der Waals surface area contributed by atoms with Gasteiger partial charge in [-0.25, -0.2) is 0 Å². The Morgan fingerprint density at radius 3 is 2.52 bits per heavy atom. The molecule has 1 saturated heterocycles. The number of hydrogen-bond acceptors (Lipinski definition) is 7. The van der Waals surface area contributed by atoms with Crippen molar-refractivity contribution in [2.75, 3.05) is 6.54 Å². The maximum atomic E-state index is 13.5. The van der Waals surface area contributed by atoms with E-state index in [1.54, 1.807) is 6.08 Å². The van der Waals surface area contributed by atoms with Crippen molar-refractivity contribution in [3.63, 3.8) is 0 Å². The number of carboxylic acid groups (broad SMARTS) is 1. The van der Waals surface area contributed by atoms with E-state index in [1.165, 1.54) is 0 Å². The summed E-state index contributed by atoms with van der Waals surface area (Å²) in [5, 5.41) is 19.7. The fourth-order valence-electron chi connectivity index (χ4n) is 6.20. The minimum absolute atomic E-state index is 0.0244. The molecule has 0 radical (unpaired) electrons. The van der Waals surface area contributed by atoms with E-state index >= 15 is 0 Å². The van der Waals surface area contributed by atoms with Gasteiger partial charge in [-0.1, -0.05) is 11.6 Å². The van der Waals surface area contributed by atoms with Gasteiger partial charge in [0.25, 0.3) is 0 Å². The molecule has 1 aliphatic heterocycles. The van der Waals surface area contributed by atoms with Gasteiger partial charge in [-0.15, -0.1) is 13.2 Å². The molecule has 5 rings (SSSR count). The van der Waals surface area contributed by atoms with Crippen molar-refractivity contribution in [1.82, 2.24) is 4.90 Å². The number of phenols is 1. The van der Waals surface area contributed by atoms with E-state index in [-0.39, 0.29) is 53.4 Å². The van der Waals surface area contributed by atoms with E-state index in [1.807, 2.05) is 0 Å². The van der Waals surface area contributed by atoms with Gasteiger partial charge in [0, 0.05) is 41.7 Å². The second kappa shape index (κ2) is 10.0. The Morgan fingerprint density at radius 1 is 1.12 bits per heavy atom. The lowest BCUT2D eigenvalue weighted by molar-refractivity contribution is -0.274. The van der Waals surface area contributed by atoms with Gasteiger partial charge in [0.2, 0.25) is 11.8 Å². The zero-order valence-corrected chi connectivity index (χ0v) is 22.1. The molecule has 210 valence electrons. The van der Waals surface area contributed by atoms with E-state index in [4.69, 9.17) is 5.11 Å². The number of likely N-dealkylation sites (tertiary alicyclic amines) is 1. The van der Waals surface area contributed by atoms with Crippen molar-refractivity contribution < 1.29 is 52.1 Å². The number of benzene rings is 1. The number of phenolic OH excluding ortho intramolecular Hbond substituents is 1. The number of hydrogen-bond donors (Lipinski definition) is 2. The first kappa shape index (κ1) is 27.8. The van der Waals surface area contributed by atoms with Gasteiger partial charge >= 0.3 is 12.3 Å². The first-order chi connectivity index (χ1) is 18.8. The van der Waals surface area contributed by atoms with E-state index in [9.17, 15) is 42.3 Å². The quantitative estimate of drug-likeness (QED) is 0.276. The highest BCUT2D eigenvalue weighted by atomic mass is 79.9. The number of nitrogens with zero attached hydrogens (tertiary/aromatic N) is 1. The van der Waals surface area contributed by atoms with Gasteiger partial charge < -0.3 is 14.9 Å². The highest BCUT2D eigenvalue weighted by molar-refractivity contribution is 9.12. The maximum Gasteiger partial charge on any atom is 0.573 e. The molecule has 2 amide bonds. The van der Waals surface area contributed by atoms with Gasteiger partial charge in [0.1, 0.15) is 11.5 Å². The number of aliphatic carboxylic acids is 1. The van der Waals surface area contributed by atoms with Crippen LogP contribution in [0.25, 0.3) is 0 Å². The predicted molar refractivity (Wildman–Crippen MR) is 133 cm³/mol. The van der Waals surface area contributed by atoms with Crippen LogP contribution in [0.2, 0.25) is 0 Å². The van der Waals surface area contributed by atoms with Gasteiger partial charge in [0.15, 0.2) is 11.6 Å². The number of carbonyl (C=O) groups is 5. The van der Waals surface area contributed by atoms with E-state index in [0.717, 1.165) is 29.2 Å². The number of ether oxygens (including phenoxy) is 1. The summed E-state index contributed by atoms with van der Waals surface area (Å²) >= 11 is 3.08. The Kier molecular flexibility index (Phi) is 6.97. The molecule has 0 spiro atoms. The van der Waals surface area contributed by atoms with Crippen LogP contribution in [0.15, 0.2) is 51.6 Å². The molecule has 3 aliphatic carbocycles. The summed E-state index contributed by atoms with van der Waals surface area (Å²) in [7, 11) is 0. The van der Waals surface area contributed by atoms with Crippen molar-refractivity contribution in [3.05, 3.63) is 57.1 Å². The summed E-state index contributed by atoms with van der Waals surface area (Å²) in [4.78, 5) is 65.0. The molecule has 40 heavy (non-hydrogen) atoms. The SMILES string of the molecule is O=C(O)CCCN1C(=O)C2CC=C3C(c4cc(OC(F)(F)F)ccc4O)C4=C(CC3C2C1=O)C(=O)C(Br)=CC4=O. The van der Waals surface area contributed by atoms with Crippen LogP contribution in [0.1, 0.15) is 37.2 Å². The number of amides is 2. The third-order valence-corrected chi connectivity index (χ3v) is 8.33. The van der Waals surface area contributed by atoms with E-state index in [0.29, 0.717) is 5.57 Å². The van der Waals surface area contributed by atoms with Crippen molar-refractivity contribution in [3.8, 4) is 11.5 Å². The number of Topliss-reactive ketones (excluding diaryl/α,β-unsaturated/α-hetero) is 1. The number of allylic oxidation sites excluding steroid dienone is 6. The number of imide groups is 1. The lowest BCUT2D eigenvalue weighted by atomic mass is 9.59. The molecule has 4 aliphatic rings. The molecule has 2 N–H and O–H groups in total. The molecule has 1 aromatic carbocycles. The number of ketones is 2. The van der Waals surface area contributed by atoms with Gasteiger partial charge in [-0.2, -0.15) is 0 Å². The Hall–Kier alpha value is -3.74. The van der Waals surface area contributed by atoms with Crippen LogP contribution in [0.5, 0.6) is 11.5 Å². The first-order valence-corrected chi connectivity index (χ1v) is 13.1. The number of rotatable bonds is 6. The van der Waals surface area contributed by atoms with Crippen LogP contribution in [0.3, 0.4) is 0 Å². The number of carboxylic acids is 1. The summed E-state index contributed by atoms with van der Waals surface area (Å²) in [6.45, 7) is -0.0975. The lowest BCUT2D eigenvalue weighted by Gasteiger charge is -2.42. The fourth-order valence-corrected chi connectivity index (χ4v) is 6.64. The summed E-state index contributed by atoms with van der Waals surface area (Å²) in [6.07, 6.45) is -2.51. The van der Waals surface area contributed by atoms with Crippen molar-refractivity contribution >= 4 is 45.3 Å². The van der Waals surface area contributed by atoms with E-state index < -0.39 is 70.9 Å². The molecule has 0 saturated carbocycles. The van der Waals surface area contributed by atoms with Gasteiger partial charge in [-0.05, 0) is 59.3 Å². The average Bonchev–Trinajstić information content (AvgIpc) is 3.11. The molecule has 1 fully saturated rings.